The highest BCUT2D eigenvalue weighted by molar-refractivity contribution is 7.22. The van der Waals surface area contributed by atoms with Crippen LogP contribution in [0, 0.1) is 12.8 Å². The lowest BCUT2D eigenvalue weighted by Gasteiger charge is -2.35. The molecule has 0 atom stereocenters. The van der Waals surface area contributed by atoms with Crippen LogP contribution in [0.2, 0.25) is 0 Å². The van der Waals surface area contributed by atoms with Crippen molar-refractivity contribution in [2.45, 2.75) is 32.6 Å². The molecule has 1 amide bonds. The highest BCUT2D eigenvalue weighted by atomic mass is 32.1. The van der Waals surface area contributed by atoms with Gasteiger partial charge in [0, 0.05) is 32.1 Å². The van der Waals surface area contributed by atoms with Crippen LogP contribution in [-0.4, -0.2) is 42.0 Å². The monoisotopic (exact) mass is 329 g/mol. The molecule has 1 aromatic carbocycles. The second kappa shape index (κ2) is 6.11. The number of hydrogen-bond donors (Lipinski definition) is 0. The van der Waals surface area contributed by atoms with Gasteiger partial charge in [-0.1, -0.05) is 36.3 Å². The third-order valence-corrected chi connectivity index (χ3v) is 6.26. The van der Waals surface area contributed by atoms with Gasteiger partial charge in [0.05, 0.1) is 10.2 Å². The highest BCUT2D eigenvalue weighted by Gasteiger charge is 2.30. The van der Waals surface area contributed by atoms with Crippen LogP contribution in [0.1, 0.15) is 31.2 Å². The first-order valence-electron chi connectivity index (χ1n) is 8.62. The zero-order valence-electron chi connectivity index (χ0n) is 13.6. The van der Waals surface area contributed by atoms with Crippen LogP contribution in [0.4, 0.5) is 5.13 Å². The van der Waals surface area contributed by atoms with Gasteiger partial charge in [0.1, 0.15) is 0 Å². The number of fused-ring (bicyclic) bond motifs is 1. The molecule has 23 heavy (non-hydrogen) atoms. The van der Waals surface area contributed by atoms with Crippen molar-refractivity contribution >= 4 is 32.6 Å². The van der Waals surface area contributed by atoms with E-state index in [4.69, 9.17) is 4.98 Å². The molecule has 0 bridgehead atoms. The quantitative estimate of drug-likeness (QED) is 0.847. The number of thiazole rings is 1. The van der Waals surface area contributed by atoms with Crippen molar-refractivity contribution in [3.05, 3.63) is 23.8 Å². The van der Waals surface area contributed by atoms with E-state index >= 15 is 0 Å². The highest BCUT2D eigenvalue weighted by Crippen LogP contribution is 2.32. The lowest BCUT2D eigenvalue weighted by molar-refractivity contribution is -0.135. The molecular weight excluding hydrogens is 306 g/mol. The normalized spacial score (nSPS) is 19.7. The van der Waals surface area contributed by atoms with Crippen molar-refractivity contribution in [3.8, 4) is 0 Å². The summed E-state index contributed by atoms with van der Waals surface area (Å²) in [7, 11) is 0. The van der Waals surface area contributed by atoms with Crippen molar-refractivity contribution in [1.29, 1.82) is 0 Å². The van der Waals surface area contributed by atoms with E-state index in [1.165, 1.54) is 23.1 Å². The zero-order valence-corrected chi connectivity index (χ0v) is 14.4. The van der Waals surface area contributed by atoms with Crippen molar-refractivity contribution in [3.63, 3.8) is 0 Å². The van der Waals surface area contributed by atoms with Gasteiger partial charge in [-0.05, 0) is 31.4 Å². The number of amides is 1. The molecule has 122 valence electrons. The molecule has 2 aliphatic rings. The van der Waals surface area contributed by atoms with Gasteiger partial charge in [-0.2, -0.15) is 0 Å². The Kier molecular flexibility index (Phi) is 3.97. The van der Waals surface area contributed by atoms with E-state index in [1.807, 2.05) is 0 Å². The first kappa shape index (κ1) is 14.9. The number of aromatic nitrogens is 1. The molecule has 0 spiro atoms. The summed E-state index contributed by atoms with van der Waals surface area (Å²) in [6.07, 6.45) is 4.63. The number of aryl methyl sites for hydroxylation is 1. The molecule has 1 saturated heterocycles. The van der Waals surface area contributed by atoms with E-state index in [9.17, 15) is 4.79 Å². The predicted molar refractivity (Wildman–Crippen MR) is 95.1 cm³/mol. The summed E-state index contributed by atoms with van der Waals surface area (Å²) in [6.45, 7) is 5.59. The van der Waals surface area contributed by atoms with Gasteiger partial charge in [0.25, 0.3) is 0 Å². The summed E-state index contributed by atoms with van der Waals surface area (Å²) in [5, 5.41) is 1.10. The van der Waals surface area contributed by atoms with Crippen LogP contribution in [-0.2, 0) is 4.79 Å². The number of para-hydroxylation sites is 1. The number of benzene rings is 1. The van der Waals surface area contributed by atoms with Crippen molar-refractivity contribution in [1.82, 2.24) is 9.88 Å². The molecular formula is C18H23N3OS. The Labute approximate surface area is 141 Å². The molecule has 2 aromatic rings. The molecule has 2 heterocycles. The standard InChI is InChI=1S/C18H23N3OS/c1-13-5-4-8-15-16(13)19-18(23-15)21-11-9-20(10-12-21)17(22)14-6-2-3-7-14/h4-5,8,14H,2-3,6-7,9-12H2,1H3. The first-order chi connectivity index (χ1) is 11.2. The van der Waals surface area contributed by atoms with Gasteiger partial charge in [-0.15, -0.1) is 0 Å². The smallest absolute Gasteiger partial charge is 0.225 e. The summed E-state index contributed by atoms with van der Waals surface area (Å²) in [5.74, 6) is 0.689. The zero-order chi connectivity index (χ0) is 15.8. The molecule has 4 rings (SSSR count). The average Bonchev–Trinajstić information content (AvgIpc) is 3.24. The molecule has 0 unspecified atom stereocenters. The lowest BCUT2D eigenvalue weighted by Crippen LogP contribution is -2.50. The molecule has 1 aliphatic heterocycles. The second-order valence-corrected chi connectivity index (χ2v) is 7.72. The minimum Gasteiger partial charge on any atom is -0.345 e. The average molecular weight is 329 g/mol. The molecule has 0 radical (unpaired) electrons. The van der Waals surface area contributed by atoms with Crippen LogP contribution in [0.25, 0.3) is 10.2 Å². The van der Waals surface area contributed by atoms with Gasteiger partial charge in [-0.25, -0.2) is 4.98 Å². The Hall–Kier alpha value is -1.62. The maximum absolute atomic E-state index is 12.5. The topological polar surface area (TPSA) is 36.4 Å². The van der Waals surface area contributed by atoms with E-state index in [-0.39, 0.29) is 0 Å². The Bertz CT molecular complexity index is 712. The molecule has 2 fully saturated rings. The molecule has 0 N–H and O–H groups in total. The van der Waals surface area contributed by atoms with Crippen LogP contribution >= 0.6 is 11.3 Å². The fourth-order valence-corrected chi connectivity index (χ4v) is 4.85. The largest absolute Gasteiger partial charge is 0.345 e. The Morgan fingerprint density at radius 2 is 1.91 bits per heavy atom. The Morgan fingerprint density at radius 3 is 2.61 bits per heavy atom. The minimum absolute atomic E-state index is 0.298. The van der Waals surface area contributed by atoms with Crippen molar-refractivity contribution < 1.29 is 4.79 Å². The van der Waals surface area contributed by atoms with E-state index in [0.717, 1.165) is 49.7 Å². The fourth-order valence-electron chi connectivity index (χ4n) is 3.76. The number of carbonyl (C=O) groups is 1. The third kappa shape index (κ3) is 2.82. The molecule has 1 aliphatic carbocycles. The summed E-state index contributed by atoms with van der Waals surface area (Å²) in [5.41, 5.74) is 2.36. The predicted octanol–water partition coefficient (Wildman–Crippen LogP) is 3.44. The maximum atomic E-state index is 12.5. The van der Waals surface area contributed by atoms with Gasteiger partial charge in [0.2, 0.25) is 5.91 Å². The summed E-state index contributed by atoms with van der Waals surface area (Å²) in [4.78, 5) is 21.8. The van der Waals surface area contributed by atoms with Crippen molar-refractivity contribution in [2.24, 2.45) is 5.92 Å². The summed E-state index contributed by atoms with van der Waals surface area (Å²) >= 11 is 1.76. The van der Waals surface area contributed by atoms with E-state index in [0.29, 0.717) is 11.8 Å². The van der Waals surface area contributed by atoms with Crippen LogP contribution in [0.5, 0.6) is 0 Å². The third-order valence-electron chi connectivity index (χ3n) is 5.18. The Balaban J connectivity index is 1.44. The van der Waals surface area contributed by atoms with Crippen LogP contribution in [0.3, 0.4) is 0 Å². The number of rotatable bonds is 2. The molecule has 4 nitrogen and oxygen atoms in total. The SMILES string of the molecule is Cc1cccc2sc(N3CCN(C(=O)C4CCCC4)CC3)nc12. The van der Waals surface area contributed by atoms with E-state index in [1.54, 1.807) is 11.3 Å². The molecule has 1 saturated carbocycles. The second-order valence-electron chi connectivity index (χ2n) is 6.71. The summed E-state index contributed by atoms with van der Waals surface area (Å²) < 4.78 is 1.25. The lowest BCUT2D eigenvalue weighted by atomic mass is 10.1. The molecule has 5 heteroatoms. The van der Waals surface area contributed by atoms with Gasteiger partial charge >= 0.3 is 0 Å². The van der Waals surface area contributed by atoms with Gasteiger partial charge < -0.3 is 9.80 Å². The fraction of sp³-hybridized carbons (Fsp3) is 0.556. The first-order valence-corrected chi connectivity index (χ1v) is 9.44. The number of piperazine rings is 1. The molecule has 1 aromatic heterocycles. The number of hydrogen-bond acceptors (Lipinski definition) is 4. The maximum Gasteiger partial charge on any atom is 0.225 e. The van der Waals surface area contributed by atoms with Crippen molar-refractivity contribution in [2.75, 3.05) is 31.1 Å². The summed E-state index contributed by atoms with van der Waals surface area (Å²) in [6, 6.07) is 6.35. The number of anilines is 1. The minimum atomic E-state index is 0.298. The van der Waals surface area contributed by atoms with Crippen LogP contribution in [0.15, 0.2) is 18.2 Å². The number of nitrogens with zero attached hydrogens (tertiary/aromatic N) is 3. The Morgan fingerprint density at radius 1 is 1.17 bits per heavy atom. The van der Waals surface area contributed by atoms with E-state index < -0.39 is 0 Å². The number of carbonyl (C=O) groups excluding carboxylic acids is 1. The van der Waals surface area contributed by atoms with E-state index in [2.05, 4.69) is 34.9 Å². The van der Waals surface area contributed by atoms with Gasteiger partial charge in [-0.3, -0.25) is 4.79 Å². The van der Waals surface area contributed by atoms with Crippen LogP contribution < -0.4 is 4.90 Å². The van der Waals surface area contributed by atoms with Gasteiger partial charge in [0.15, 0.2) is 5.13 Å².